The summed E-state index contributed by atoms with van der Waals surface area (Å²) < 4.78 is 5.91. The van der Waals surface area contributed by atoms with Crippen LogP contribution in [0.1, 0.15) is 30.6 Å². The average Bonchev–Trinajstić information content (AvgIpc) is 2.36. The normalized spacial score (nSPS) is 12.1. The fourth-order valence-electron chi connectivity index (χ4n) is 1.78. The van der Waals surface area contributed by atoms with Crippen molar-refractivity contribution in [1.82, 2.24) is 5.32 Å². The van der Waals surface area contributed by atoms with Gasteiger partial charge >= 0.3 is 5.97 Å². The summed E-state index contributed by atoms with van der Waals surface area (Å²) in [5.74, 6) is -0.931. The molecule has 20 heavy (non-hydrogen) atoms. The molecule has 2 N–H and O–H groups in total. The van der Waals surface area contributed by atoms with Crippen LogP contribution in [-0.2, 0) is 4.79 Å². The summed E-state index contributed by atoms with van der Waals surface area (Å²) in [6.07, 6.45) is 0.375. The van der Waals surface area contributed by atoms with Crippen molar-refractivity contribution >= 4 is 27.8 Å². The Labute approximate surface area is 126 Å². The van der Waals surface area contributed by atoms with Crippen LogP contribution in [0.15, 0.2) is 22.7 Å². The highest BCUT2D eigenvalue weighted by molar-refractivity contribution is 9.10. The van der Waals surface area contributed by atoms with E-state index in [1.54, 1.807) is 18.2 Å². The SMILES string of the molecule is COc1cc(Br)ccc1C(=O)NC(CC(C)C)C(=O)O. The number of aliphatic carboxylic acids is 1. The molecule has 0 aliphatic rings. The van der Waals surface area contributed by atoms with Gasteiger partial charge in [-0.3, -0.25) is 4.79 Å². The number of hydrogen-bond acceptors (Lipinski definition) is 3. The first-order valence-corrected chi connectivity index (χ1v) is 7.01. The second kappa shape index (κ2) is 7.28. The molecule has 1 amide bonds. The van der Waals surface area contributed by atoms with E-state index in [9.17, 15) is 9.59 Å². The van der Waals surface area contributed by atoms with Crippen LogP contribution in [0.25, 0.3) is 0 Å². The molecule has 110 valence electrons. The Hall–Kier alpha value is -1.56. The van der Waals surface area contributed by atoms with Crippen molar-refractivity contribution < 1.29 is 19.4 Å². The van der Waals surface area contributed by atoms with E-state index in [1.807, 2.05) is 13.8 Å². The van der Waals surface area contributed by atoms with E-state index in [0.717, 1.165) is 4.47 Å². The van der Waals surface area contributed by atoms with Crippen LogP contribution in [-0.4, -0.2) is 30.1 Å². The first-order chi connectivity index (χ1) is 9.35. The summed E-state index contributed by atoms with van der Waals surface area (Å²) >= 11 is 3.29. The van der Waals surface area contributed by atoms with Crippen LogP contribution < -0.4 is 10.1 Å². The molecule has 0 aliphatic heterocycles. The number of carboxylic acids is 1. The lowest BCUT2D eigenvalue weighted by Crippen LogP contribution is -2.41. The van der Waals surface area contributed by atoms with E-state index < -0.39 is 17.9 Å². The van der Waals surface area contributed by atoms with E-state index in [0.29, 0.717) is 17.7 Å². The number of carboxylic acid groups (broad SMARTS) is 1. The Bertz CT molecular complexity index is 502. The van der Waals surface area contributed by atoms with Crippen molar-refractivity contribution in [3.63, 3.8) is 0 Å². The molecule has 0 aromatic heterocycles. The molecule has 6 heteroatoms. The molecule has 1 aromatic rings. The number of halogens is 1. The second-order valence-electron chi connectivity index (χ2n) is 4.84. The molecular weight excluding hydrogens is 326 g/mol. The number of ether oxygens (including phenoxy) is 1. The van der Waals surface area contributed by atoms with Crippen molar-refractivity contribution in [3.8, 4) is 5.75 Å². The standard InChI is InChI=1S/C14H18BrNO4/c1-8(2)6-11(14(18)19)16-13(17)10-5-4-9(15)7-12(10)20-3/h4-5,7-8,11H,6H2,1-3H3,(H,16,17)(H,18,19). The highest BCUT2D eigenvalue weighted by atomic mass is 79.9. The lowest BCUT2D eigenvalue weighted by Gasteiger charge is -2.17. The van der Waals surface area contributed by atoms with Gasteiger partial charge in [0.25, 0.3) is 5.91 Å². The zero-order chi connectivity index (χ0) is 15.3. The third-order valence-corrected chi connectivity index (χ3v) is 3.21. The van der Waals surface area contributed by atoms with Gasteiger partial charge in [0, 0.05) is 4.47 Å². The van der Waals surface area contributed by atoms with E-state index in [1.165, 1.54) is 7.11 Å². The topological polar surface area (TPSA) is 75.6 Å². The summed E-state index contributed by atoms with van der Waals surface area (Å²) in [6.45, 7) is 3.81. The second-order valence-corrected chi connectivity index (χ2v) is 5.75. The first kappa shape index (κ1) is 16.5. The van der Waals surface area contributed by atoms with Gasteiger partial charge in [-0.05, 0) is 30.5 Å². The van der Waals surface area contributed by atoms with Gasteiger partial charge in [-0.15, -0.1) is 0 Å². The molecule has 0 saturated carbocycles. The maximum Gasteiger partial charge on any atom is 0.326 e. The minimum absolute atomic E-state index is 0.170. The Balaban J connectivity index is 2.91. The molecule has 1 atom stereocenters. The molecule has 1 unspecified atom stereocenters. The monoisotopic (exact) mass is 343 g/mol. The van der Waals surface area contributed by atoms with Gasteiger partial charge in [0.15, 0.2) is 0 Å². The molecule has 0 fully saturated rings. The largest absolute Gasteiger partial charge is 0.496 e. The summed E-state index contributed by atoms with van der Waals surface area (Å²) in [5.41, 5.74) is 0.311. The summed E-state index contributed by atoms with van der Waals surface area (Å²) in [6, 6.07) is 4.05. The maximum atomic E-state index is 12.2. The number of nitrogens with one attached hydrogen (secondary N) is 1. The molecule has 0 spiro atoms. The van der Waals surface area contributed by atoms with Gasteiger partial charge < -0.3 is 15.2 Å². The van der Waals surface area contributed by atoms with Gasteiger partial charge in [0.2, 0.25) is 0 Å². The number of hydrogen-bond donors (Lipinski definition) is 2. The fraction of sp³-hybridized carbons (Fsp3) is 0.429. The minimum Gasteiger partial charge on any atom is -0.496 e. The quantitative estimate of drug-likeness (QED) is 0.832. The third kappa shape index (κ3) is 4.52. The van der Waals surface area contributed by atoms with E-state index >= 15 is 0 Å². The predicted molar refractivity (Wildman–Crippen MR) is 79.0 cm³/mol. The van der Waals surface area contributed by atoms with Crippen LogP contribution in [0.5, 0.6) is 5.75 Å². The van der Waals surface area contributed by atoms with Crippen molar-refractivity contribution in [3.05, 3.63) is 28.2 Å². The summed E-state index contributed by atoms with van der Waals surface area (Å²) in [7, 11) is 1.46. The van der Waals surface area contributed by atoms with Gasteiger partial charge in [-0.1, -0.05) is 29.8 Å². The van der Waals surface area contributed by atoms with Crippen LogP contribution in [0.4, 0.5) is 0 Å². The zero-order valence-corrected chi connectivity index (χ0v) is 13.2. The number of carbonyl (C=O) groups is 2. The third-order valence-electron chi connectivity index (χ3n) is 2.72. The Morgan fingerprint density at radius 3 is 2.55 bits per heavy atom. The maximum absolute atomic E-state index is 12.2. The lowest BCUT2D eigenvalue weighted by atomic mass is 10.0. The number of amides is 1. The minimum atomic E-state index is -1.04. The highest BCUT2D eigenvalue weighted by Gasteiger charge is 2.23. The van der Waals surface area contributed by atoms with Crippen LogP contribution in [0, 0.1) is 5.92 Å². The van der Waals surface area contributed by atoms with Crippen molar-refractivity contribution in [2.75, 3.05) is 7.11 Å². The van der Waals surface area contributed by atoms with Crippen molar-refractivity contribution in [1.29, 1.82) is 0 Å². The van der Waals surface area contributed by atoms with Crippen LogP contribution in [0.2, 0.25) is 0 Å². The number of rotatable bonds is 6. The summed E-state index contributed by atoms with van der Waals surface area (Å²) in [5, 5.41) is 11.7. The van der Waals surface area contributed by atoms with Crippen LogP contribution >= 0.6 is 15.9 Å². The Morgan fingerprint density at radius 2 is 2.05 bits per heavy atom. The van der Waals surface area contributed by atoms with Gasteiger partial charge in [-0.25, -0.2) is 4.79 Å². The Kier molecular flexibility index (Phi) is 6.01. The molecule has 0 bridgehead atoms. The molecule has 5 nitrogen and oxygen atoms in total. The van der Waals surface area contributed by atoms with Crippen LogP contribution in [0.3, 0.4) is 0 Å². The molecular formula is C14H18BrNO4. The van der Waals surface area contributed by atoms with Crippen molar-refractivity contribution in [2.45, 2.75) is 26.3 Å². The molecule has 1 aromatic carbocycles. The number of benzene rings is 1. The molecule has 0 saturated heterocycles. The first-order valence-electron chi connectivity index (χ1n) is 6.22. The van der Waals surface area contributed by atoms with E-state index in [-0.39, 0.29) is 5.92 Å². The molecule has 1 rings (SSSR count). The number of carbonyl (C=O) groups excluding carboxylic acids is 1. The van der Waals surface area contributed by atoms with E-state index in [2.05, 4.69) is 21.2 Å². The Morgan fingerprint density at radius 1 is 1.40 bits per heavy atom. The molecule has 0 aliphatic carbocycles. The fourth-order valence-corrected chi connectivity index (χ4v) is 2.12. The van der Waals surface area contributed by atoms with Gasteiger partial charge in [-0.2, -0.15) is 0 Å². The van der Waals surface area contributed by atoms with Gasteiger partial charge in [0.1, 0.15) is 11.8 Å². The molecule has 0 heterocycles. The van der Waals surface area contributed by atoms with Gasteiger partial charge in [0.05, 0.1) is 12.7 Å². The lowest BCUT2D eigenvalue weighted by molar-refractivity contribution is -0.139. The smallest absolute Gasteiger partial charge is 0.326 e. The van der Waals surface area contributed by atoms with E-state index in [4.69, 9.17) is 9.84 Å². The predicted octanol–water partition coefficient (Wildman–Crippen LogP) is 2.69. The summed E-state index contributed by atoms with van der Waals surface area (Å²) in [4.78, 5) is 23.3. The number of methoxy groups -OCH3 is 1. The van der Waals surface area contributed by atoms with Crippen molar-refractivity contribution in [2.24, 2.45) is 5.92 Å². The highest BCUT2D eigenvalue weighted by Crippen LogP contribution is 2.23. The zero-order valence-electron chi connectivity index (χ0n) is 11.6. The molecule has 0 radical (unpaired) electrons. The average molecular weight is 344 g/mol.